The summed E-state index contributed by atoms with van der Waals surface area (Å²) in [6.45, 7) is 4.36. The van der Waals surface area contributed by atoms with Gasteiger partial charge in [0.25, 0.3) is 0 Å². The lowest BCUT2D eigenvalue weighted by atomic mass is 10.1. The number of halogens is 1. The van der Waals surface area contributed by atoms with Gasteiger partial charge in [0.2, 0.25) is 11.8 Å². The summed E-state index contributed by atoms with van der Waals surface area (Å²) in [5.74, 6) is -0.458. The van der Waals surface area contributed by atoms with Gasteiger partial charge in [0.05, 0.1) is 5.92 Å². The number of aryl methyl sites for hydroxylation is 2. The number of rotatable bonds is 3. The molecule has 0 saturated carbocycles. The maximum atomic E-state index is 12.6. The normalized spacial score (nSPS) is 17.2. The third kappa shape index (κ3) is 3.51. The SMILES string of the molecule is Cc1ccc(C)c(NC(=O)C2CC(=O)N(c3cccc(Br)c3)C2)c1. The van der Waals surface area contributed by atoms with Crippen molar-refractivity contribution in [3.05, 3.63) is 58.1 Å². The molecule has 0 aliphatic carbocycles. The number of nitrogens with one attached hydrogen (secondary N) is 1. The molecular formula is C19H19BrN2O2. The quantitative estimate of drug-likeness (QED) is 0.864. The largest absolute Gasteiger partial charge is 0.326 e. The molecule has 1 atom stereocenters. The van der Waals surface area contributed by atoms with E-state index in [-0.39, 0.29) is 24.2 Å². The Morgan fingerprint density at radius 1 is 1.21 bits per heavy atom. The third-order valence-electron chi connectivity index (χ3n) is 4.27. The first-order chi connectivity index (χ1) is 11.4. The molecule has 2 aromatic rings. The Labute approximate surface area is 150 Å². The van der Waals surface area contributed by atoms with E-state index in [9.17, 15) is 9.59 Å². The van der Waals surface area contributed by atoms with E-state index in [1.807, 2.05) is 56.3 Å². The molecule has 0 aromatic heterocycles. The molecule has 2 aromatic carbocycles. The predicted molar refractivity (Wildman–Crippen MR) is 99.1 cm³/mol. The first kappa shape index (κ1) is 16.7. The van der Waals surface area contributed by atoms with E-state index in [2.05, 4.69) is 21.2 Å². The molecule has 124 valence electrons. The Morgan fingerprint density at radius 2 is 2.00 bits per heavy atom. The van der Waals surface area contributed by atoms with Crippen molar-refractivity contribution in [1.82, 2.24) is 0 Å². The van der Waals surface area contributed by atoms with Gasteiger partial charge in [-0.2, -0.15) is 0 Å². The highest BCUT2D eigenvalue weighted by molar-refractivity contribution is 9.10. The van der Waals surface area contributed by atoms with Crippen LogP contribution in [0.3, 0.4) is 0 Å². The Balaban J connectivity index is 1.73. The first-order valence-corrected chi connectivity index (χ1v) is 8.67. The Morgan fingerprint density at radius 3 is 2.75 bits per heavy atom. The van der Waals surface area contributed by atoms with Crippen LogP contribution in [0.2, 0.25) is 0 Å². The highest BCUT2D eigenvalue weighted by Crippen LogP contribution is 2.28. The molecular weight excluding hydrogens is 368 g/mol. The molecule has 3 rings (SSSR count). The second-order valence-corrected chi connectivity index (χ2v) is 7.11. The van der Waals surface area contributed by atoms with Gasteiger partial charge in [0.15, 0.2) is 0 Å². The van der Waals surface area contributed by atoms with Gasteiger partial charge in [-0.3, -0.25) is 9.59 Å². The molecule has 1 aliphatic rings. The first-order valence-electron chi connectivity index (χ1n) is 7.88. The van der Waals surface area contributed by atoms with E-state index in [0.717, 1.165) is 27.0 Å². The molecule has 2 amide bonds. The van der Waals surface area contributed by atoms with Gasteiger partial charge in [0.1, 0.15) is 0 Å². The molecule has 24 heavy (non-hydrogen) atoms. The van der Waals surface area contributed by atoms with Gasteiger partial charge in [-0.1, -0.05) is 34.1 Å². The van der Waals surface area contributed by atoms with Crippen LogP contribution in [-0.2, 0) is 9.59 Å². The summed E-state index contributed by atoms with van der Waals surface area (Å²) in [5.41, 5.74) is 3.74. The fourth-order valence-electron chi connectivity index (χ4n) is 2.88. The number of nitrogens with zero attached hydrogens (tertiary/aromatic N) is 1. The Hall–Kier alpha value is -2.14. The topological polar surface area (TPSA) is 49.4 Å². The summed E-state index contributed by atoms with van der Waals surface area (Å²) in [4.78, 5) is 26.6. The second-order valence-electron chi connectivity index (χ2n) is 6.19. The van der Waals surface area contributed by atoms with Gasteiger partial charge < -0.3 is 10.2 Å². The lowest BCUT2D eigenvalue weighted by Crippen LogP contribution is -2.28. The molecule has 1 aliphatic heterocycles. The number of carbonyl (C=O) groups is 2. The highest BCUT2D eigenvalue weighted by Gasteiger charge is 2.35. The highest BCUT2D eigenvalue weighted by atomic mass is 79.9. The molecule has 0 spiro atoms. The number of hydrogen-bond acceptors (Lipinski definition) is 2. The van der Waals surface area contributed by atoms with Crippen LogP contribution in [0.1, 0.15) is 17.5 Å². The van der Waals surface area contributed by atoms with Crippen LogP contribution in [-0.4, -0.2) is 18.4 Å². The van der Waals surface area contributed by atoms with Crippen LogP contribution in [0.4, 0.5) is 11.4 Å². The molecule has 1 heterocycles. The molecule has 4 nitrogen and oxygen atoms in total. The second kappa shape index (κ2) is 6.77. The zero-order chi connectivity index (χ0) is 17.3. The molecule has 1 saturated heterocycles. The van der Waals surface area contributed by atoms with Crippen LogP contribution in [0.25, 0.3) is 0 Å². The molecule has 1 N–H and O–H groups in total. The van der Waals surface area contributed by atoms with Crippen molar-refractivity contribution in [2.24, 2.45) is 5.92 Å². The average molecular weight is 387 g/mol. The van der Waals surface area contributed by atoms with Crippen molar-refractivity contribution in [2.75, 3.05) is 16.8 Å². The van der Waals surface area contributed by atoms with Crippen LogP contribution in [0, 0.1) is 19.8 Å². The minimum absolute atomic E-state index is 0.0192. The number of anilines is 2. The van der Waals surface area contributed by atoms with E-state index in [1.165, 1.54) is 0 Å². The van der Waals surface area contributed by atoms with Gasteiger partial charge >= 0.3 is 0 Å². The van der Waals surface area contributed by atoms with Crippen LogP contribution >= 0.6 is 15.9 Å². The molecule has 1 fully saturated rings. The Kier molecular flexibility index (Phi) is 4.71. The van der Waals surface area contributed by atoms with Crippen molar-refractivity contribution in [3.63, 3.8) is 0 Å². The van der Waals surface area contributed by atoms with Crippen molar-refractivity contribution in [2.45, 2.75) is 20.3 Å². The predicted octanol–water partition coefficient (Wildman–Crippen LogP) is 4.06. The molecule has 5 heteroatoms. The lowest BCUT2D eigenvalue weighted by molar-refractivity contribution is -0.122. The molecule has 0 bridgehead atoms. The molecule has 1 unspecified atom stereocenters. The molecule has 0 radical (unpaired) electrons. The fourth-order valence-corrected chi connectivity index (χ4v) is 3.27. The standard InChI is InChI=1S/C19H19BrN2O2/c1-12-6-7-13(2)17(8-12)21-19(24)14-9-18(23)22(11-14)16-5-3-4-15(20)10-16/h3-8,10,14H,9,11H2,1-2H3,(H,21,24). The number of carbonyl (C=O) groups excluding carboxylic acids is 2. The van der Waals surface area contributed by atoms with Crippen LogP contribution < -0.4 is 10.2 Å². The van der Waals surface area contributed by atoms with Gasteiger partial charge in [-0.05, 0) is 49.2 Å². The minimum Gasteiger partial charge on any atom is -0.326 e. The summed E-state index contributed by atoms with van der Waals surface area (Å²) in [6, 6.07) is 13.5. The van der Waals surface area contributed by atoms with E-state index < -0.39 is 0 Å². The van der Waals surface area contributed by atoms with Gasteiger partial charge in [-0.15, -0.1) is 0 Å². The van der Waals surface area contributed by atoms with Crippen LogP contribution in [0.5, 0.6) is 0 Å². The van der Waals surface area contributed by atoms with E-state index in [4.69, 9.17) is 0 Å². The maximum absolute atomic E-state index is 12.6. The van der Waals surface area contributed by atoms with Crippen LogP contribution in [0.15, 0.2) is 46.9 Å². The van der Waals surface area contributed by atoms with Gasteiger partial charge in [-0.25, -0.2) is 0 Å². The van der Waals surface area contributed by atoms with E-state index in [0.29, 0.717) is 6.54 Å². The summed E-state index contributed by atoms with van der Waals surface area (Å²) >= 11 is 3.41. The van der Waals surface area contributed by atoms with Crippen molar-refractivity contribution >= 4 is 39.1 Å². The minimum atomic E-state index is -0.337. The number of benzene rings is 2. The summed E-state index contributed by atoms with van der Waals surface area (Å²) in [7, 11) is 0. The smallest absolute Gasteiger partial charge is 0.229 e. The van der Waals surface area contributed by atoms with Crippen molar-refractivity contribution in [1.29, 1.82) is 0 Å². The monoisotopic (exact) mass is 386 g/mol. The maximum Gasteiger partial charge on any atom is 0.229 e. The Bertz CT molecular complexity index is 804. The van der Waals surface area contributed by atoms with E-state index >= 15 is 0 Å². The van der Waals surface area contributed by atoms with Gasteiger partial charge in [0, 0.05) is 28.8 Å². The average Bonchev–Trinajstić information content (AvgIpc) is 2.93. The van der Waals surface area contributed by atoms with Crippen molar-refractivity contribution < 1.29 is 9.59 Å². The van der Waals surface area contributed by atoms with E-state index in [1.54, 1.807) is 4.90 Å². The lowest BCUT2D eigenvalue weighted by Gasteiger charge is -2.17. The zero-order valence-corrected chi connectivity index (χ0v) is 15.3. The number of hydrogen-bond donors (Lipinski definition) is 1. The zero-order valence-electron chi connectivity index (χ0n) is 13.7. The summed E-state index contributed by atoms with van der Waals surface area (Å²) < 4.78 is 0.913. The summed E-state index contributed by atoms with van der Waals surface area (Å²) in [5, 5.41) is 2.97. The van der Waals surface area contributed by atoms with Crippen molar-refractivity contribution in [3.8, 4) is 0 Å². The number of amides is 2. The summed E-state index contributed by atoms with van der Waals surface area (Å²) in [6.07, 6.45) is 0.239. The fraction of sp³-hybridized carbons (Fsp3) is 0.263. The third-order valence-corrected chi connectivity index (χ3v) is 4.76.